The first-order chi connectivity index (χ1) is 7.97. The van der Waals surface area contributed by atoms with Crippen LogP contribution in [0.5, 0.6) is 0 Å². The third kappa shape index (κ3) is 2.67. The Labute approximate surface area is 101 Å². The van der Waals surface area contributed by atoms with Crippen molar-refractivity contribution in [2.45, 2.75) is 26.2 Å². The Hall–Kier alpha value is -1.77. The summed E-state index contributed by atoms with van der Waals surface area (Å²) in [6.45, 7) is 6.20. The molecule has 0 unspecified atom stereocenters. The second-order valence-corrected chi connectivity index (χ2v) is 5.02. The molecule has 2 nitrogen and oxygen atoms in total. The zero-order chi connectivity index (χ0) is 12.5. The molecule has 0 fully saturated rings. The van der Waals surface area contributed by atoms with Crippen molar-refractivity contribution in [1.82, 2.24) is 9.97 Å². The Kier molecular flexibility index (Phi) is 2.92. The van der Waals surface area contributed by atoms with Crippen molar-refractivity contribution in [3.8, 4) is 11.3 Å². The van der Waals surface area contributed by atoms with Crippen LogP contribution in [0, 0.1) is 5.82 Å². The molecule has 0 spiro atoms. The highest BCUT2D eigenvalue weighted by Gasteiger charge is 2.17. The fraction of sp³-hybridized carbons (Fsp3) is 0.286. The molecule has 17 heavy (non-hydrogen) atoms. The monoisotopic (exact) mass is 230 g/mol. The Bertz CT molecular complexity index is 512. The minimum Gasteiger partial charge on any atom is -0.241 e. The molecule has 0 aliphatic carbocycles. The third-order valence-corrected chi connectivity index (χ3v) is 2.47. The van der Waals surface area contributed by atoms with Crippen LogP contribution in [0.25, 0.3) is 11.3 Å². The molecule has 1 heterocycles. The molecule has 0 amide bonds. The highest BCUT2D eigenvalue weighted by atomic mass is 19.1. The summed E-state index contributed by atoms with van der Waals surface area (Å²) < 4.78 is 12.8. The van der Waals surface area contributed by atoms with Gasteiger partial charge in [-0.15, -0.1) is 0 Å². The lowest BCUT2D eigenvalue weighted by Gasteiger charge is -2.16. The smallest absolute Gasteiger partial charge is 0.134 e. The van der Waals surface area contributed by atoms with E-state index in [1.54, 1.807) is 18.3 Å². The van der Waals surface area contributed by atoms with Gasteiger partial charge in [0.1, 0.15) is 11.6 Å². The van der Waals surface area contributed by atoms with Crippen LogP contribution in [0.2, 0.25) is 0 Å². The van der Waals surface area contributed by atoms with Crippen LogP contribution in [-0.4, -0.2) is 9.97 Å². The van der Waals surface area contributed by atoms with E-state index < -0.39 is 0 Å². The van der Waals surface area contributed by atoms with Crippen molar-refractivity contribution in [2.24, 2.45) is 0 Å². The predicted molar refractivity (Wildman–Crippen MR) is 66.1 cm³/mol. The number of nitrogens with zero attached hydrogens (tertiary/aromatic N) is 2. The van der Waals surface area contributed by atoms with E-state index in [9.17, 15) is 4.39 Å². The van der Waals surface area contributed by atoms with Crippen LogP contribution in [0.3, 0.4) is 0 Å². The molecule has 0 bridgehead atoms. The maximum Gasteiger partial charge on any atom is 0.134 e. The molecule has 3 heteroatoms. The van der Waals surface area contributed by atoms with Gasteiger partial charge in [0.2, 0.25) is 0 Å². The molecule has 2 rings (SSSR count). The number of rotatable bonds is 1. The first-order valence-electron chi connectivity index (χ1n) is 5.56. The minimum absolute atomic E-state index is 0.0873. The van der Waals surface area contributed by atoms with E-state index in [1.807, 2.05) is 6.07 Å². The van der Waals surface area contributed by atoms with Crippen molar-refractivity contribution in [2.75, 3.05) is 0 Å². The first kappa shape index (κ1) is 11.7. The molecule has 88 valence electrons. The summed E-state index contributed by atoms with van der Waals surface area (Å²) in [7, 11) is 0. The van der Waals surface area contributed by atoms with E-state index in [-0.39, 0.29) is 11.2 Å². The maximum absolute atomic E-state index is 12.8. The van der Waals surface area contributed by atoms with Crippen LogP contribution in [0.15, 0.2) is 36.5 Å². The topological polar surface area (TPSA) is 25.8 Å². The van der Waals surface area contributed by atoms with Gasteiger partial charge in [0.05, 0.1) is 5.69 Å². The zero-order valence-corrected chi connectivity index (χ0v) is 10.2. The molecule has 0 N–H and O–H groups in total. The van der Waals surface area contributed by atoms with Gasteiger partial charge in [0.15, 0.2) is 0 Å². The molecular formula is C14H15FN2. The molecule has 0 atom stereocenters. The van der Waals surface area contributed by atoms with E-state index in [4.69, 9.17) is 0 Å². The molecule has 1 aromatic heterocycles. The predicted octanol–water partition coefficient (Wildman–Crippen LogP) is 3.58. The lowest BCUT2D eigenvalue weighted by atomic mass is 9.95. The summed E-state index contributed by atoms with van der Waals surface area (Å²) in [5.74, 6) is 0.554. The van der Waals surface area contributed by atoms with Gasteiger partial charge >= 0.3 is 0 Å². The van der Waals surface area contributed by atoms with E-state index in [0.717, 1.165) is 17.1 Å². The van der Waals surface area contributed by atoms with E-state index >= 15 is 0 Å². The Morgan fingerprint density at radius 1 is 1.00 bits per heavy atom. The summed E-state index contributed by atoms with van der Waals surface area (Å²) in [5, 5.41) is 0. The average molecular weight is 230 g/mol. The number of hydrogen-bond acceptors (Lipinski definition) is 2. The standard InChI is InChI=1S/C14H15FN2/c1-14(2,3)13-16-9-8-12(17-13)10-4-6-11(15)7-5-10/h4-9H,1-3H3. The molecule has 0 aliphatic rings. The van der Waals surface area contributed by atoms with Gasteiger partial charge in [-0.3, -0.25) is 0 Å². The molecule has 0 aliphatic heterocycles. The molecule has 0 saturated heterocycles. The second kappa shape index (κ2) is 4.24. The third-order valence-electron chi connectivity index (χ3n) is 2.47. The summed E-state index contributed by atoms with van der Waals surface area (Å²) in [6.07, 6.45) is 1.74. The summed E-state index contributed by atoms with van der Waals surface area (Å²) in [5.41, 5.74) is 1.64. The van der Waals surface area contributed by atoms with Crippen molar-refractivity contribution < 1.29 is 4.39 Å². The Balaban J connectivity index is 2.43. The van der Waals surface area contributed by atoms with Crippen LogP contribution >= 0.6 is 0 Å². The van der Waals surface area contributed by atoms with Crippen molar-refractivity contribution in [3.05, 3.63) is 48.2 Å². The summed E-state index contributed by atoms with van der Waals surface area (Å²) >= 11 is 0. The van der Waals surface area contributed by atoms with Gasteiger partial charge in [0, 0.05) is 17.2 Å². The van der Waals surface area contributed by atoms with Crippen molar-refractivity contribution >= 4 is 0 Å². The molecule has 0 saturated carbocycles. The fourth-order valence-electron chi connectivity index (χ4n) is 1.50. The largest absolute Gasteiger partial charge is 0.241 e. The SMILES string of the molecule is CC(C)(C)c1nccc(-c2ccc(F)cc2)n1. The van der Waals surface area contributed by atoms with Gasteiger partial charge in [-0.05, 0) is 30.3 Å². The highest BCUT2D eigenvalue weighted by molar-refractivity contribution is 5.58. The molecular weight excluding hydrogens is 215 g/mol. The van der Waals surface area contributed by atoms with Crippen molar-refractivity contribution in [3.63, 3.8) is 0 Å². The summed E-state index contributed by atoms with van der Waals surface area (Å²) in [6, 6.07) is 8.17. The van der Waals surface area contributed by atoms with E-state index in [1.165, 1.54) is 12.1 Å². The van der Waals surface area contributed by atoms with Crippen LogP contribution in [-0.2, 0) is 5.41 Å². The van der Waals surface area contributed by atoms with Crippen LogP contribution < -0.4 is 0 Å². The van der Waals surface area contributed by atoms with Gasteiger partial charge in [-0.2, -0.15) is 0 Å². The second-order valence-electron chi connectivity index (χ2n) is 5.02. The molecule has 0 radical (unpaired) electrons. The van der Waals surface area contributed by atoms with Gasteiger partial charge in [0.25, 0.3) is 0 Å². The summed E-state index contributed by atoms with van der Waals surface area (Å²) in [4.78, 5) is 8.78. The lowest BCUT2D eigenvalue weighted by molar-refractivity contribution is 0.546. The maximum atomic E-state index is 12.8. The van der Waals surface area contributed by atoms with E-state index in [0.29, 0.717) is 0 Å². The average Bonchev–Trinajstić information content (AvgIpc) is 2.29. The fourth-order valence-corrected chi connectivity index (χ4v) is 1.50. The first-order valence-corrected chi connectivity index (χ1v) is 5.56. The Morgan fingerprint density at radius 2 is 1.65 bits per heavy atom. The Morgan fingerprint density at radius 3 is 2.24 bits per heavy atom. The number of hydrogen-bond donors (Lipinski definition) is 0. The van der Waals surface area contributed by atoms with Crippen LogP contribution in [0.1, 0.15) is 26.6 Å². The lowest BCUT2D eigenvalue weighted by Crippen LogP contribution is -2.15. The highest BCUT2D eigenvalue weighted by Crippen LogP contribution is 2.22. The van der Waals surface area contributed by atoms with Crippen LogP contribution in [0.4, 0.5) is 4.39 Å². The number of benzene rings is 1. The number of halogens is 1. The van der Waals surface area contributed by atoms with Gasteiger partial charge in [-0.1, -0.05) is 20.8 Å². The quantitative estimate of drug-likeness (QED) is 0.748. The number of aromatic nitrogens is 2. The minimum atomic E-state index is -0.237. The zero-order valence-electron chi connectivity index (χ0n) is 10.2. The van der Waals surface area contributed by atoms with Gasteiger partial charge < -0.3 is 0 Å². The van der Waals surface area contributed by atoms with Gasteiger partial charge in [-0.25, -0.2) is 14.4 Å². The van der Waals surface area contributed by atoms with E-state index in [2.05, 4.69) is 30.7 Å². The molecule has 2 aromatic rings. The van der Waals surface area contributed by atoms with Crippen molar-refractivity contribution in [1.29, 1.82) is 0 Å². The molecule has 1 aromatic carbocycles. The normalized spacial score (nSPS) is 11.5.